The number of hydrogen-bond acceptors (Lipinski definition) is 7. The Labute approximate surface area is 123 Å². The maximum absolute atomic E-state index is 11.1. The third kappa shape index (κ3) is 2.68. The van der Waals surface area contributed by atoms with Gasteiger partial charge in [-0.25, -0.2) is 4.79 Å². The van der Waals surface area contributed by atoms with Gasteiger partial charge in [0.25, 0.3) is 5.70 Å². The van der Waals surface area contributed by atoms with Gasteiger partial charge in [0.05, 0.1) is 21.9 Å². The van der Waals surface area contributed by atoms with Gasteiger partial charge >= 0.3 is 5.97 Å². The van der Waals surface area contributed by atoms with Crippen LogP contribution >= 0.6 is 0 Å². The maximum atomic E-state index is 11.1. The molecule has 1 aliphatic rings. The first-order chi connectivity index (χ1) is 10.5. The molecule has 0 aliphatic heterocycles. The van der Waals surface area contributed by atoms with Crippen molar-refractivity contribution in [2.75, 3.05) is 5.32 Å². The molecule has 1 aliphatic carbocycles. The monoisotopic (exact) mass is 302 g/mol. The smallest absolute Gasteiger partial charge is 0.337 e. The summed E-state index contributed by atoms with van der Waals surface area (Å²) in [5.74, 6) is -1.17. The zero-order valence-corrected chi connectivity index (χ0v) is 11.0. The Balaban J connectivity index is 2.43. The lowest BCUT2D eigenvalue weighted by atomic mass is 10.0. The summed E-state index contributed by atoms with van der Waals surface area (Å²) in [4.78, 5) is 21.1. The molecule has 9 nitrogen and oxygen atoms in total. The Hall–Kier alpha value is -3.49. The van der Waals surface area contributed by atoms with Crippen LogP contribution in [0.4, 0.5) is 5.69 Å². The summed E-state index contributed by atoms with van der Waals surface area (Å²) in [6.45, 7) is 0. The summed E-state index contributed by atoms with van der Waals surface area (Å²) >= 11 is 0. The lowest BCUT2D eigenvalue weighted by Crippen LogP contribution is -2.28. The summed E-state index contributed by atoms with van der Waals surface area (Å²) in [7, 11) is 0. The minimum atomic E-state index is -1.17. The standard InChI is InChI=1S/C13H10N4O5/c14-11-10(17(21)22)6-5-9(12(11)16-20)15-8-4-2-1-3-7(8)13(18)19/h1-6,14-15,20H,(H,18,19)/b14-11?,16-12-. The van der Waals surface area contributed by atoms with Gasteiger partial charge in [-0.05, 0) is 18.2 Å². The molecule has 0 atom stereocenters. The topological polar surface area (TPSA) is 149 Å². The largest absolute Gasteiger partial charge is 0.478 e. The fourth-order valence-corrected chi connectivity index (χ4v) is 1.86. The number of nitrogens with zero attached hydrogens (tertiary/aromatic N) is 2. The number of anilines is 1. The number of allylic oxidation sites excluding steroid dienone is 4. The summed E-state index contributed by atoms with van der Waals surface area (Å²) in [5, 5.41) is 42.1. The first-order valence-corrected chi connectivity index (χ1v) is 5.93. The number of carbonyl (C=O) groups is 1. The highest BCUT2D eigenvalue weighted by atomic mass is 16.6. The van der Waals surface area contributed by atoms with Crippen LogP contribution in [0.15, 0.2) is 53.0 Å². The molecule has 1 aromatic rings. The molecule has 1 aromatic carbocycles. The highest BCUT2D eigenvalue weighted by Gasteiger charge is 2.29. The molecule has 0 bridgehead atoms. The quantitative estimate of drug-likeness (QED) is 0.288. The highest BCUT2D eigenvalue weighted by molar-refractivity contribution is 6.53. The molecular weight excluding hydrogens is 292 g/mol. The van der Waals surface area contributed by atoms with Gasteiger partial charge in [0, 0.05) is 6.08 Å². The molecule has 0 saturated heterocycles. The number of para-hydroxylation sites is 1. The van der Waals surface area contributed by atoms with Crippen LogP contribution in [0.25, 0.3) is 0 Å². The lowest BCUT2D eigenvalue weighted by molar-refractivity contribution is -0.414. The number of carboxylic acid groups (broad SMARTS) is 1. The van der Waals surface area contributed by atoms with Crippen molar-refractivity contribution in [3.05, 3.63) is 63.5 Å². The van der Waals surface area contributed by atoms with E-state index in [0.717, 1.165) is 6.08 Å². The number of rotatable bonds is 4. The number of benzene rings is 1. The summed E-state index contributed by atoms with van der Waals surface area (Å²) in [6, 6.07) is 5.98. The van der Waals surface area contributed by atoms with E-state index in [4.69, 9.17) is 15.7 Å². The predicted molar refractivity (Wildman–Crippen MR) is 77.1 cm³/mol. The Morgan fingerprint density at radius 1 is 1.32 bits per heavy atom. The fourth-order valence-electron chi connectivity index (χ4n) is 1.86. The fraction of sp³-hybridized carbons (Fsp3) is 0. The number of aromatic carboxylic acids is 1. The number of nitro groups is 1. The van der Waals surface area contributed by atoms with Crippen LogP contribution in [0.5, 0.6) is 0 Å². The van der Waals surface area contributed by atoms with Crippen LogP contribution in [-0.4, -0.2) is 32.6 Å². The van der Waals surface area contributed by atoms with Gasteiger partial charge in [0.15, 0.2) is 11.4 Å². The second kappa shape index (κ2) is 5.87. The molecular formula is C13H10N4O5. The highest BCUT2D eigenvalue weighted by Crippen LogP contribution is 2.21. The molecule has 0 aromatic heterocycles. The van der Waals surface area contributed by atoms with Crippen LogP contribution < -0.4 is 5.32 Å². The van der Waals surface area contributed by atoms with Crippen molar-refractivity contribution in [2.24, 2.45) is 5.16 Å². The first-order valence-electron chi connectivity index (χ1n) is 5.93. The summed E-state index contributed by atoms with van der Waals surface area (Å²) in [6.07, 6.45) is 2.31. The van der Waals surface area contributed by atoms with Crippen LogP contribution in [-0.2, 0) is 0 Å². The van der Waals surface area contributed by atoms with Crippen molar-refractivity contribution in [1.82, 2.24) is 0 Å². The van der Waals surface area contributed by atoms with Crippen molar-refractivity contribution in [1.29, 1.82) is 5.41 Å². The van der Waals surface area contributed by atoms with Crippen molar-refractivity contribution in [2.45, 2.75) is 0 Å². The van der Waals surface area contributed by atoms with Crippen LogP contribution in [0.2, 0.25) is 0 Å². The molecule has 9 heteroatoms. The van der Waals surface area contributed by atoms with Gasteiger partial charge in [0.2, 0.25) is 0 Å². The minimum absolute atomic E-state index is 0.0312. The average molecular weight is 302 g/mol. The Morgan fingerprint density at radius 2 is 2.00 bits per heavy atom. The van der Waals surface area contributed by atoms with Gasteiger partial charge in [-0.3, -0.25) is 15.5 Å². The van der Waals surface area contributed by atoms with Crippen LogP contribution in [0, 0.1) is 15.5 Å². The Bertz CT molecular complexity index is 763. The molecule has 112 valence electrons. The molecule has 0 fully saturated rings. The van der Waals surface area contributed by atoms with E-state index in [2.05, 4.69) is 10.5 Å². The molecule has 0 heterocycles. The van der Waals surface area contributed by atoms with Crippen molar-refractivity contribution < 1.29 is 20.0 Å². The van der Waals surface area contributed by atoms with E-state index in [1.165, 1.54) is 24.3 Å². The Kier molecular flexibility index (Phi) is 3.98. The van der Waals surface area contributed by atoms with E-state index in [1.54, 1.807) is 6.07 Å². The lowest BCUT2D eigenvalue weighted by Gasteiger charge is -2.16. The molecule has 0 unspecified atom stereocenters. The number of oxime groups is 1. The van der Waals surface area contributed by atoms with E-state index in [-0.39, 0.29) is 22.7 Å². The maximum Gasteiger partial charge on any atom is 0.337 e. The second-order valence-electron chi connectivity index (χ2n) is 4.19. The van der Waals surface area contributed by atoms with E-state index >= 15 is 0 Å². The zero-order chi connectivity index (χ0) is 16.3. The average Bonchev–Trinajstić information content (AvgIpc) is 2.47. The molecule has 2 rings (SSSR count). The van der Waals surface area contributed by atoms with E-state index in [9.17, 15) is 14.9 Å². The van der Waals surface area contributed by atoms with Crippen molar-refractivity contribution >= 4 is 23.1 Å². The predicted octanol–water partition coefficient (Wildman–Crippen LogP) is 1.70. The molecule has 0 amide bonds. The summed E-state index contributed by atoms with van der Waals surface area (Å²) in [5.41, 5.74) is -1.21. The third-order valence-corrected chi connectivity index (χ3v) is 2.88. The Morgan fingerprint density at radius 3 is 2.59 bits per heavy atom. The van der Waals surface area contributed by atoms with E-state index in [0.29, 0.717) is 0 Å². The van der Waals surface area contributed by atoms with Gasteiger partial charge in [-0.2, -0.15) is 0 Å². The van der Waals surface area contributed by atoms with Crippen molar-refractivity contribution in [3.8, 4) is 0 Å². The third-order valence-electron chi connectivity index (χ3n) is 2.88. The van der Waals surface area contributed by atoms with Gasteiger partial charge < -0.3 is 15.6 Å². The van der Waals surface area contributed by atoms with Gasteiger partial charge in [-0.15, -0.1) is 0 Å². The molecule has 0 spiro atoms. The SMILES string of the molecule is N=C1C([N+](=O)[O-])=CC=C(Nc2ccccc2C(=O)O)/C1=N/O. The van der Waals surface area contributed by atoms with E-state index < -0.39 is 22.3 Å². The molecule has 4 N–H and O–H groups in total. The minimum Gasteiger partial charge on any atom is -0.478 e. The zero-order valence-electron chi connectivity index (χ0n) is 11.0. The second-order valence-corrected chi connectivity index (χ2v) is 4.19. The molecule has 0 saturated carbocycles. The van der Waals surface area contributed by atoms with Gasteiger partial charge in [0.1, 0.15) is 0 Å². The van der Waals surface area contributed by atoms with Gasteiger partial charge in [-0.1, -0.05) is 17.3 Å². The first kappa shape index (κ1) is 14.9. The molecule has 22 heavy (non-hydrogen) atoms. The van der Waals surface area contributed by atoms with E-state index in [1.807, 2.05) is 0 Å². The normalized spacial score (nSPS) is 16.0. The van der Waals surface area contributed by atoms with Crippen molar-refractivity contribution in [3.63, 3.8) is 0 Å². The van der Waals surface area contributed by atoms with Crippen LogP contribution in [0.3, 0.4) is 0 Å². The molecule has 0 radical (unpaired) electrons. The number of carboxylic acids is 1. The van der Waals surface area contributed by atoms with Crippen LogP contribution in [0.1, 0.15) is 10.4 Å². The number of hydrogen-bond donors (Lipinski definition) is 4. The summed E-state index contributed by atoms with van der Waals surface area (Å²) < 4.78 is 0. The number of nitrogens with one attached hydrogen (secondary N) is 2.